The van der Waals surface area contributed by atoms with Crippen molar-refractivity contribution in [2.45, 2.75) is 59.4 Å². The van der Waals surface area contributed by atoms with Gasteiger partial charge in [-0.1, -0.05) is 26.7 Å². The molecule has 100 valence electrons. The third-order valence-corrected chi connectivity index (χ3v) is 4.20. The van der Waals surface area contributed by atoms with E-state index in [1.165, 1.54) is 25.7 Å². The van der Waals surface area contributed by atoms with E-state index < -0.39 is 0 Å². The Morgan fingerprint density at radius 2 is 1.89 bits per heavy atom. The van der Waals surface area contributed by atoms with Crippen molar-refractivity contribution in [2.75, 3.05) is 5.32 Å². The highest BCUT2D eigenvalue weighted by molar-refractivity contribution is 5.35. The van der Waals surface area contributed by atoms with Gasteiger partial charge in [-0.2, -0.15) is 0 Å². The molecule has 3 heteroatoms. The molecule has 0 bridgehead atoms. The lowest BCUT2D eigenvalue weighted by molar-refractivity contribution is 0.253. The first-order valence-corrected chi connectivity index (χ1v) is 7.14. The number of aryl methyl sites for hydroxylation is 2. The fourth-order valence-corrected chi connectivity index (χ4v) is 2.94. The first kappa shape index (κ1) is 13.3. The third kappa shape index (κ3) is 3.01. The van der Waals surface area contributed by atoms with Crippen molar-refractivity contribution in [3.8, 4) is 0 Å². The van der Waals surface area contributed by atoms with Crippen molar-refractivity contribution in [3.05, 3.63) is 17.6 Å². The first-order valence-electron chi connectivity index (χ1n) is 7.14. The van der Waals surface area contributed by atoms with Crippen LogP contribution in [0, 0.1) is 25.7 Å². The number of aromatic nitrogens is 2. The Morgan fingerprint density at radius 1 is 1.17 bits per heavy atom. The molecule has 0 amide bonds. The summed E-state index contributed by atoms with van der Waals surface area (Å²) < 4.78 is 0. The summed E-state index contributed by atoms with van der Waals surface area (Å²) in [4.78, 5) is 8.98. The summed E-state index contributed by atoms with van der Waals surface area (Å²) in [6.07, 6.45) is 7.18. The summed E-state index contributed by atoms with van der Waals surface area (Å²) in [7, 11) is 0. The number of hydrogen-bond acceptors (Lipinski definition) is 3. The van der Waals surface area contributed by atoms with E-state index in [-0.39, 0.29) is 0 Å². The lowest BCUT2D eigenvalue weighted by Gasteiger charge is -2.35. The van der Waals surface area contributed by atoms with Gasteiger partial charge in [0.1, 0.15) is 5.82 Å². The molecule has 1 aliphatic rings. The predicted molar refractivity (Wildman–Crippen MR) is 75.7 cm³/mol. The molecule has 18 heavy (non-hydrogen) atoms. The molecule has 0 radical (unpaired) electrons. The van der Waals surface area contributed by atoms with Crippen molar-refractivity contribution < 1.29 is 0 Å². The van der Waals surface area contributed by atoms with E-state index in [9.17, 15) is 0 Å². The van der Waals surface area contributed by atoms with Crippen LogP contribution in [0.5, 0.6) is 0 Å². The number of rotatable bonds is 3. The predicted octanol–water partition coefficient (Wildman–Crippen LogP) is 3.72. The molecule has 2 rings (SSSR count). The molecule has 0 saturated heterocycles. The van der Waals surface area contributed by atoms with Gasteiger partial charge in [-0.3, -0.25) is 4.98 Å². The molecule has 0 aliphatic heterocycles. The van der Waals surface area contributed by atoms with Gasteiger partial charge in [0, 0.05) is 6.04 Å². The van der Waals surface area contributed by atoms with Gasteiger partial charge >= 0.3 is 0 Å². The fourth-order valence-electron chi connectivity index (χ4n) is 2.94. The molecule has 1 aromatic heterocycles. The van der Waals surface area contributed by atoms with Crippen LogP contribution in [0.25, 0.3) is 0 Å². The number of nitrogens with one attached hydrogen (secondary N) is 1. The molecule has 1 N–H and O–H groups in total. The third-order valence-electron chi connectivity index (χ3n) is 4.20. The Balaban J connectivity index is 2.08. The second-order valence-corrected chi connectivity index (χ2v) is 5.87. The zero-order chi connectivity index (χ0) is 13.1. The molecular formula is C15H25N3. The molecule has 0 aromatic carbocycles. The van der Waals surface area contributed by atoms with E-state index in [4.69, 9.17) is 0 Å². The van der Waals surface area contributed by atoms with Gasteiger partial charge in [0.2, 0.25) is 0 Å². The van der Waals surface area contributed by atoms with Crippen LogP contribution in [0.4, 0.5) is 5.82 Å². The zero-order valence-electron chi connectivity index (χ0n) is 12.0. The average Bonchev–Trinajstić information content (AvgIpc) is 2.34. The Bertz CT molecular complexity index is 401. The molecule has 2 atom stereocenters. The second kappa shape index (κ2) is 5.68. The van der Waals surface area contributed by atoms with Crippen LogP contribution in [0.15, 0.2) is 6.20 Å². The van der Waals surface area contributed by atoms with Crippen LogP contribution >= 0.6 is 0 Å². The quantitative estimate of drug-likeness (QED) is 0.884. The minimum atomic E-state index is 0.565. The van der Waals surface area contributed by atoms with Gasteiger partial charge in [0.15, 0.2) is 0 Å². The molecule has 1 aliphatic carbocycles. The van der Waals surface area contributed by atoms with Gasteiger partial charge in [-0.05, 0) is 38.5 Å². The van der Waals surface area contributed by atoms with Crippen molar-refractivity contribution in [3.63, 3.8) is 0 Å². The minimum Gasteiger partial charge on any atom is -0.366 e. The van der Waals surface area contributed by atoms with Gasteiger partial charge in [-0.15, -0.1) is 0 Å². The summed E-state index contributed by atoms with van der Waals surface area (Å²) in [5.74, 6) is 2.44. The molecule has 1 aromatic rings. The highest BCUT2D eigenvalue weighted by atomic mass is 15.0. The normalized spacial score (nSPS) is 24.3. The van der Waals surface area contributed by atoms with Crippen LogP contribution in [0.2, 0.25) is 0 Å². The van der Waals surface area contributed by atoms with Gasteiger partial charge in [0.05, 0.1) is 17.6 Å². The molecule has 0 spiro atoms. The van der Waals surface area contributed by atoms with E-state index in [0.717, 1.165) is 29.0 Å². The van der Waals surface area contributed by atoms with Crippen LogP contribution in [0.1, 0.15) is 50.9 Å². The van der Waals surface area contributed by atoms with Gasteiger partial charge in [0.25, 0.3) is 0 Å². The monoisotopic (exact) mass is 247 g/mol. The van der Waals surface area contributed by atoms with Crippen molar-refractivity contribution in [1.82, 2.24) is 9.97 Å². The van der Waals surface area contributed by atoms with Crippen molar-refractivity contribution in [1.29, 1.82) is 0 Å². The maximum Gasteiger partial charge on any atom is 0.145 e. The zero-order valence-corrected chi connectivity index (χ0v) is 12.0. The minimum absolute atomic E-state index is 0.565. The van der Waals surface area contributed by atoms with Crippen LogP contribution in [-0.2, 0) is 0 Å². The van der Waals surface area contributed by atoms with Gasteiger partial charge in [-0.25, -0.2) is 4.98 Å². The average molecular weight is 247 g/mol. The summed E-state index contributed by atoms with van der Waals surface area (Å²) in [5.41, 5.74) is 2.04. The Hall–Kier alpha value is -1.12. The lowest BCUT2D eigenvalue weighted by atomic mass is 9.78. The fraction of sp³-hybridized carbons (Fsp3) is 0.733. The molecule has 1 saturated carbocycles. The molecule has 3 nitrogen and oxygen atoms in total. The van der Waals surface area contributed by atoms with Crippen LogP contribution in [-0.4, -0.2) is 16.0 Å². The van der Waals surface area contributed by atoms with E-state index in [1.807, 2.05) is 20.0 Å². The molecule has 1 fully saturated rings. The summed E-state index contributed by atoms with van der Waals surface area (Å²) in [5, 5.41) is 3.61. The highest BCUT2D eigenvalue weighted by Crippen LogP contribution is 2.31. The SMILES string of the molecule is Cc1ncc(NC2CCCCC2C(C)C)nc1C. The summed E-state index contributed by atoms with van der Waals surface area (Å²) >= 11 is 0. The number of anilines is 1. The molecule has 2 unspecified atom stereocenters. The van der Waals surface area contributed by atoms with E-state index >= 15 is 0 Å². The molecule has 1 heterocycles. The van der Waals surface area contributed by atoms with Crippen molar-refractivity contribution in [2.24, 2.45) is 11.8 Å². The Morgan fingerprint density at radius 3 is 2.56 bits per heavy atom. The van der Waals surface area contributed by atoms with E-state index in [2.05, 4.69) is 29.1 Å². The first-order chi connectivity index (χ1) is 8.58. The number of nitrogens with zero attached hydrogens (tertiary/aromatic N) is 2. The van der Waals surface area contributed by atoms with E-state index in [1.54, 1.807) is 0 Å². The van der Waals surface area contributed by atoms with Crippen LogP contribution in [0.3, 0.4) is 0 Å². The summed E-state index contributed by atoms with van der Waals surface area (Å²) in [6, 6.07) is 0.565. The largest absolute Gasteiger partial charge is 0.366 e. The summed E-state index contributed by atoms with van der Waals surface area (Å²) in [6.45, 7) is 8.69. The topological polar surface area (TPSA) is 37.8 Å². The van der Waals surface area contributed by atoms with Crippen molar-refractivity contribution >= 4 is 5.82 Å². The lowest BCUT2D eigenvalue weighted by Crippen LogP contribution is -2.35. The molecular weight excluding hydrogens is 222 g/mol. The van der Waals surface area contributed by atoms with E-state index in [0.29, 0.717) is 6.04 Å². The van der Waals surface area contributed by atoms with Gasteiger partial charge < -0.3 is 5.32 Å². The number of hydrogen-bond donors (Lipinski definition) is 1. The maximum absolute atomic E-state index is 4.59. The Labute approximate surface area is 110 Å². The smallest absolute Gasteiger partial charge is 0.145 e. The second-order valence-electron chi connectivity index (χ2n) is 5.87. The Kier molecular flexibility index (Phi) is 4.20. The standard InChI is InChI=1S/C15H25N3/c1-10(2)13-7-5-6-8-14(13)18-15-9-16-11(3)12(4)17-15/h9-10,13-14H,5-8H2,1-4H3,(H,17,18). The van der Waals surface area contributed by atoms with Crippen LogP contribution < -0.4 is 5.32 Å². The highest BCUT2D eigenvalue weighted by Gasteiger charge is 2.27. The maximum atomic E-state index is 4.59.